The maximum atomic E-state index is 12.4. The van der Waals surface area contributed by atoms with E-state index in [0.717, 1.165) is 4.90 Å². The monoisotopic (exact) mass is 449 g/mol. The molecule has 5 N–H and O–H groups in total. The summed E-state index contributed by atoms with van der Waals surface area (Å²) in [5.41, 5.74) is 0. The first-order chi connectivity index (χ1) is 14.0. The van der Waals surface area contributed by atoms with E-state index in [1.807, 2.05) is 6.92 Å². The predicted molar refractivity (Wildman–Crippen MR) is 105 cm³/mol. The standard InChI is InChI=1S/C17H27N3O9S/c1-2-30-18-17(29)10-3-4-11(19(6-13(21)22)7-14(23)24)12(5-10)20(8-15(25)26)9-16(27)28/h10-12H,2-9H2,1H3,(H,18,29)(H,21,22)(H,23,24)(H,25,26)(H,27,28). The van der Waals surface area contributed by atoms with Crippen molar-refractivity contribution in [3.63, 3.8) is 0 Å². The molecule has 1 aliphatic rings. The van der Waals surface area contributed by atoms with E-state index in [1.165, 1.54) is 16.8 Å². The number of rotatable bonds is 13. The van der Waals surface area contributed by atoms with Crippen LogP contribution in [-0.4, -0.2) is 104 Å². The van der Waals surface area contributed by atoms with Crippen molar-refractivity contribution in [2.75, 3.05) is 31.9 Å². The molecule has 1 saturated carbocycles. The second-order valence-corrected chi connectivity index (χ2v) is 8.00. The van der Waals surface area contributed by atoms with Gasteiger partial charge in [-0.15, -0.1) is 0 Å². The van der Waals surface area contributed by atoms with Gasteiger partial charge in [-0.2, -0.15) is 0 Å². The van der Waals surface area contributed by atoms with Gasteiger partial charge in [0.05, 0.1) is 26.2 Å². The molecule has 3 unspecified atom stereocenters. The van der Waals surface area contributed by atoms with Gasteiger partial charge < -0.3 is 20.4 Å². The largest absolute Gasteiger partial charge is 0.480 e. The molecule has 0 bridgehead atoms. The fraction of sp³-hybridized carbons (Fsp3) is 0.706. The Kier molecular flexibility index (Phi) is 10.6. The van der Waals surface area contributed by atoms with Crippen molar-refractivity contribution in [2.45, 2.75) is 38.3 Å². The molecule has 0 aliphatic heterocycles. The maximum absolute atomic E-state index is 12.4. The number of amides is 1. The van der Waals surface area contributed by atoms with Crippen LogP contribution >= 0.6 is 11.9 Å². The molecule has 12 nitrogen and oxygen atoms in total. The summed E-state index contributed by atoms with van der Waals surface area (Å²) in [6.07, 6.45) is 0.633. The van der Waals surface area contributed by atoms with E-state index in [9.17, 15) is 44.4 Å². The number of carboxylic acid groups (broad SMARTS) is 4. The summed E-state index contributed by atoms with van der Waals surface area (Å²) >= 11 is 1.20. The molecular formula is C17H27N3O9S. The molecule has 1 rings (SSSR count). The van der Waals surface area contributed by atoms with Gasteiger partial charge in [-0.25, -0.2) is 0 Å². The van der Waals surface area contributed by atoms with Crippen LogP contribution in [0.15, 0.2) is 0 Å². The minimum Gasteiger partial charge on any atom is -0.480 e. The lowest BCUT2D eigenvalue weighted by Crippen LogP contribution is -2.59. The van der Waals surface area contributed by atoms with Gasteiger partial charge in [-0.1, -0.05) is 18.9 Å². The van der Waals surface area contributed by atoms with E-state index in [4.69, 9.17) is 0 Å². The highest BCUT2D eigenvalue weighted by Crippen LogP contribution is 2.32. The lowest BCUT2D eigenvalue weighted by atomic mass is 9.80. The van der Waals surface area contributed by atoms with E-state index in [1.54, 1.807) is 0 Å². The Morgan fingerprint density at radius 2 is 1.23 bits per heavy atom. The van der Waals surface area contributed by atoms with E-state index < -0.39 is 68.1 Å². The molecule has 0 heterocycles. The summed E-state index contributed by atoms with van der Waals surface area (Å²) in [6.45, 7) is -0.644. The number of nitrogens with one attached hydrogen (secondary N) is 1. The second-order valence-electron chi connectivity index (χ2n) is 6.93. The van der Waals surface area contributed by atoms with Crippen molar-refractivity contribution in [3.05, 3.63) is 0 Å². The zero-order valence-electron chi connectivity index (χ0n) is 16.5. The molecule has 0 aromatic rings. The highest BCUT2D eigenvalue weighted by Gasteiger charge is 2.41. The van der Waals surface area contributed by atoms with Crippen LogP contribution in [0.5, 0.6) is 0 Å². The number of hydrogen-bond donors (Lipinski definition) is 5. The molecule has 0 aromatic heterocycles. The first-order valence-corrected chi connectivity index (χ1v) is 10.3. The average molecular weight is 449 g/mol. The summed E-state index contributed by atoms with van der Waals surface area (Å²) < 4.78 is 2.68. The molecule has 1 aliphatic carbocycles. The molecule has 1 fully saturated rings. The van der Waals surface area contributed by atoms with Gasteiger partial charge in [0.2, 0.25) is 5.91 Å². The summed E-state index contributed by atoms with van der Waals surface area (Å²) in [7, 11) is 0. The average Bonchev–Trinajstić information content (AvgIpc) is 2.63. The fourth-order valence-electron chi connectivity index (χ4n) is 3.69. The Morgan fingerprint density at radius 3 is 1.63 bits per heavy atom. The quantitative estimate of drug-likeness (QED) is 0.222. The third kappa shape index (κ3) is 8.55. The van der Waals surface area contributed by atoms with E-state index in [2.05, 4.69) is 4.72 Å². The van der Waals surface area contributed by atoms with Crippen LogP contribution in [0.3, 0.4) is 0 Å². The van der Waals surface area contributed by atoms with Gasteiger partial charge in [-0.05, 0) is 19.3 Å². The zero-order valence-corrected chi connectivity index (χ0v) is 17.3. The van der Waals surface area contributed by atoms with Crippen molar-refractivity contribution < 1.29 is 44.4 Å². The summed E-state index contributed by atoms with van der Waals surface area (Å²) in [4.78, 5) is 59.9. The molecule has 0 saturated heterocycles. The summed E-state index contributed by atoms with van der Waals surface area (Å²) in [6, 6.07) is -1.56. The number of nitrogens with zero attached hydrogens (tertiary/aromatic N) is 2. The van der Waals surface area contributed by atoms with Crippen LogP contribution in [0.4, 0.5) is 0 Å². The first-order valence-electron chi connectivity index (χ1n) is 9.32. The third-order valence-corrected chi connectivity index (χ3v) is 5.39. The SMILES string of the molecule is CCSNC(=O)C1CCC(N(CC(=O)O)CC(=O)O)C(N(CC(=O)O)CC(=O)O)C1. The van der Waals surface area contributed by atoms with Crippen molar-refractivity contribution >= 4 is 41.7 Å². The second kappa shape index (κ2) is 12.3. The molecular weight excluding hydrogens is 422 g/mol. The van der Waals surface area contributed by atoms with Gasteiger partial charge in [0.15, 0.2) is 0 Å². The van der Waals surface area contributed by atoms with Crippen LogP contribution in [-0.2, 0) is 24.0 Å². The molecule has 0 radical (unpaired) electrons. The number of carboxylic acids is 4. The highest BCUT2D eigenvalue weighted by atomic mass is 32.2. The van der Waals surface area contributed by atoms with Gasteiger partial charge >= 0.3 is 23.9 Å². The van der Waals surface area contributed by atoms with Crippen LogP contribution in [0, 0.1) is 5.92 Å². The highest BCUT2D eigenvalue weighted by molar-refractivity contribution is 7.97. The van der Waals surface area contributed by atoms with Crippen molar-refractivity contribution in [1.82, 2.24) is 14.5 Å². The van der Waals surface area contributed by atoms with Crippen molar-refractivity contribution in [3.8, 4) is 0 Å². The third-order valence-electron chi connectivity index (χ3n) is 4.76. The summed E-state index contributed by atoms with van der Waals surface area (Å²) in [5.74, 6) is -5.28. The lowest BCUT2D eigenvalue weighted by molar-refractivity contribution is -0.150. The molecule has 0 aromatic carbocycles. The van der Waals surface area contributed by atoms with Gasteiger partial charge in [0.25, 0.3) is 0 Å². The molecule has 170 valence electrons. The zero-order chi connectivity index (χ0) is 22.8. The molecule has 13 heteroatoms. The molecule has 1 amide bonds. The number of aliphatic carboxylic acids is 4. The number of carbonyl (C=O) groups excluding carboxylic acids is 1. The Labute approximate surface area is 177 Å². The predicted octanol–water partition coefficient (Wildman–Crippen LogP) is -0.750. The normalized spacial score (nSPS) is 21.4. The van der Waals surface area contributed by atoms with Crippen LogP contribution in [0.1, 0.15) is 26.2 Å². The molecule has 30 heavy (non-hydrogen) atoms. The molecule has 3 atom stereocenters. The Bertz CT molecular complexity index is 628. The number of hydrogen-bond acceptors (Lipinski definition) is 8. The van der Waals surface area contributed by atoms with Gasteiger partial charge in [0, 0.05) is 23.8 Å². The van der Waals surface area contributed by atoms with Crippen molar-refractivity contribution in [1.29, 1.82) is 0 Å². The summed E-state index contributed by atoms with van der Waals surface area (Å²) in [5, 5.41) is 36.8. The van der Waals surface area contributed by atoms with E-state index in [-0.39, 0.29) is 18.7 Å². The van der Waals surface area contributed by atoms with Gasteiger partial charge in [-0.3, -0.25) is 38.5 Å². The van der Waals surface area contributed by atoms with Crippen LogP contribution < -0.4 is 4.72 Å². The minimum atomic E-state index is -1.29. The van der Waals surface area contributed by atoms with Crippen LogP contribution in [0.2, 0.25) is 0 Å². The lowest BCUT2D eigenvalue weighted by Gasteiger charge is -2.45. The van der Waals surface area contributed by atoms with E-state index in [0.29, 0.717) is 12.2 Å². The fourth-order valence-corrected chi connectivity index (χ4v) is 4.14. The topological polar surface area (TPSA) is 185 Å². The smallest absolute Gasteiger partial charge is 0.317 e. The Hall–Kier alpha value is -2.38. The molecule has 0 spiro atoms. The first kappa shape index (κ1) is 25.7. The van der Waals surface area contributed by atoms with Crippen LogP contribution in [0.25, 0.3) is 0 Å². The van der Waals surface area contributed by atoms with Crippen molar-refractivity contribution in [2.24, 2.45) is 5.92 Å². The maximum Gasteiger partial charge on any atom is 0.317 e. The Balaban J connectivity index is 3.22. The van der Waals surface area contributed by atoms with E-state index >= 15 is 0 Å². The van der Waals surface area contributed by atoms with Gasteiger partial charge in [0.1, 0.15) is 0 Å². The Morgan fingerprint density at radius 1 is 0.800 bits per heavy atom. The number of carbonyl (C=O) groups is 5. The minimum absolute atomic E-state index is 0.0804.